The fourth-order valence-electron chi connectivity index (χ4n) is 0. The summed E-state index contributed by atoms with van der Waals surface area (Å²) in [7, 11) is 0. The summed E-state index contributed by atoms with van der Waals surface area (Å²) in [5.74, 6) is -2.37. The molecule has 16 heavy (non-hydrogen) atoms. The van der Waals surface area contributed by atoms with Crippen LogP contribution in [0.15, 0.2) is 0 Å². The molecule has 0 saturated heterocycles. The number of hydrogen-bond acceptors (Lipinski definition) is 6. The van der Waals surface area contributed by atoms with E-state index in [2.05, 4.69) is 0 Å². The maximum absolute atomic E-state index is 9.45. The average Bonchev–Trinajstić information content (AvgIpc) is 1.88. The number of quaternary nitrogens is 1. The Morgan fingerprint density at radius 1 is 0.875 bits per heavy atom. The molecule has 0 saturated carbocycles. The minimum absolute atomic E-state index is 0. The molecule has 0 aromatic rings. The predicted molar refractivity (Wildman–Crippen MR) is 48.5 cm³/mol. The van der Waals surface area contributed by atoms with Crippen molar-refractivity contribution in [1.29, 1.82) is 0 Å². The molecule has 10 N–H and O–H groups in total. The van der Waals surface area contributed by atoms with Crippen molar-refractivity contribution < 1.29 is 62.7 Å². The quantitative estimate of drug-likeness (QED) is 0.391. The molecule has 0 aliphatic rings. The smallest absolute Gasteiger partial charge is 0.332 e. The Kier molecular flexibility index (Phi) is 45.0. The van der Waals surface area contributed by atoms with E-state index in [4.69, 9.17) is 20.4 Å². The van der Waals surface area contributed by atoms with Crippen molar-refractivity contribution in [2.45, 2.75) is 26.1 Å². The third-order valence-corrected chi connectivity index (χ3v) is 0.715. The van der Waals surface area contributed by atoms with Gasteiger partial charge in [0.1, 0.15) is 12.2 Å². The number of aliphatic hydroxyl groups excluding tert-OH is 2. The molecule has 0 aromatic heterocycles. The first-order valence-electron chi connectivity index (χ1n) is 3.10. The van der Waals surface area contributed by atoms with E-state index in [-0.39, 0.29) is 38.8 Å². The fourth-order valence-corrected chi connectivity index (χ4v) is 0. The van der Waals surface area contributed by atoms with Gasteiger partial charge in [-0.1, -0.05) is 0 Å². The van der Waals surface area contributed by atoms with Crippen LogP contribution in [0.3, 0.4) is 0 Å². The maximum atomic E-state index is 9.45. The van der Waals surface area contributed by atoms with E-state index in [0.717, 1.165) is 0 Å². The summed E-state index contributed by atoms with van der Waals surface area (Å²) in [6.45, 7) is 2.39. The van der Waals surface area contributed by atoms with Crippen molar-refractivity contribution in [1.82, 2.24) is 6.15 Å². The van der Waals surface area contributed by atoms with E-state index in [0.29, 0.717) is 0 Å². The number of hydrogen-bond donors (Lipinski definition) is 5. The van der Waals surface area contributed by atoms with Crippen molar-refractivity contribution in [3.63, 3.8) is 0 Å². The van der Waals surface area contributed by atoms with Crippen LogP contribution in [0.25, 0.3) is 0 Å². The van der Waals surface area contributed by atoms with Crippen molar-refractivity contribution in [3.05, 3.63) is 0 Å². The van der Waals surface area contributed by atoms with Gasteiger partial charge in [0.05, 0.1) is 0 Å². The normalized spacial score (nSPS) is 10.2. The summed E-state index contributed by atoms with van der Waals surface area (Å²) in [6.07, 6.45) is -2.46. The Bertz CT molecular complexity index is 145. The van der Waals surface area contributed by atoms with E-state index < -0.39 is 24.1 Å². The molecule has 2 unspecified atom stereocenters. The Hall–Kier alpha value is -0.546. The van der Waals surface area contributed by atoms with Crippen LogP contribution in [0.2, 0.25) is 0 Å². The van der Waals surface area contributed by atoms with Crippen LogP contribution in [0.1, 0.15) is 13.8 Å². The second kappa shape index (κ2) is 19.9. The zero-order valence-corrected chi connectivity index (χ0v) is 10.7. The largest absolute Gasteiger partial charge is 0.870 e. The molecule has 9 nitrogen and oxygen atoms in total. The van der Waals surface area contributed by atoms with Gasteiger partial charge in [0.25, 0.3) is 0 Å². The molecule has 0 aliphatic heterocycles. The summed E-state index contributed by atoms with van der Waals surface area (Å²) in [4.78, 5) is 18.9. The van der Waals surface area contributed by atoms with Gasteiger partial charge >= 0.3 is 11.9 Å². The van der Waals surface area contributed by atoms with Gasteiger partial charge in [0.15, 0.2) is 0 Å². The molecular formula is C6H18NO8Ti-. The summed E-state index contributed by atoms with van der Waals surface area (Å²) in [5.41, 5.74) is 0. The van der Waals surface area contributed by atoms with Crippen LogP contribution in [-0.4, -0.2) is 55.5 Å². The van der Waals surface area contributed by atoms with Gasteiger partial charge in [0.2, 0.25) is 0 Å². The van der Waals surface area contributed by atoms with Crippen LogP contribution in [0.4, 0.5) is 0 Å². The van der Waals surface area contributed by atoms with Crippen molar-refractivity contribution in [2.75, 3.05) is 0 Å². The molecule has 0 amide bonds. The molecule has 0 spiro atoms. The molecule has 0 fully saturated rings. The second-order valence-corrected chi connectivity index (χ2v) is 2.03. The number of carboxylic acids is 2. The standard InChI is InChI=1S/2C3H6O3.H3N.2H2O.Ti/c2*1-2(4)3(5)6;;;;/h2*2,4H,1H3,(H,5,6);1H3;2*1H2;/p-1. The number of rotatable bonds is 2. The summed E-state index contributed by atoms with van der Waals surface area (Å²) in [5, 5.41) is 31.5. The summed E-state index contributed by atoms with van der Waals surface area (Å²) in [6, 6.07) is 0. The van der Waals surface area contributed by atoms with Gasteiger partial charge < -0.3 is 37.5 Å². The molecule has 10 heteroatoms. The van der Waals surface area contributed by atoms with Gasteiger partial charge in [-0.05, 0) is 13.8 Å². The molecular weight excluding hydrogens is 262 g/mol. The van der Waals surface area contributed by atoms with Crippen LogP contribution in [0.5, 0.6) is 0 Å². The molecule has 0 aliphatic carbocycles. The van der Waals surface area contributed by atoms with Crippen LogP contribution in [-0.2, 0) is 31.3 Å². The first kappa shape index (κ1) is 36.1. The molecule has 100 valence electrons. The van der Waals surface area contributed by atoms with Crippen molar-refractivity contribution in [2.24, 2.45) is 0 Å². The van der Waals surface area contributed by atoms with E-state index in [1.165, 1.54) is 13.8 Å². The molecule has 0 bridgehead atoms. The van der Waals surface area contributed by atoms with Crippen LogP contribution >= 0.6 is 0 Å². The third-order valence-electron chi connectivity index (χ3n) is 0.715. The monoisotopic (exact) mass is 280 g/mol. The zero-order chi connectivity index (χ0) is 10.3. The molecule has 0 heterocycles. The zero-order valence-electron chi connectivity index (χ0n) is 9.15. The van der Waals surface area contributed by atoms with Crippen LogP contribution in [0, 0.1) is 0 Å². The van der Waals surface area contributed by atoms with E-state index in [1.807, 2.05) is 0 Å². The Labute approximate surface area is 107 Å². The molecule has 0 radical (unpaired) electrons. The van der Waals surface area contributed by atoms with Gasteiger partial charge in [-0.15, -0.1) is 0 Å². The molecule has 2 atom stereocenters. The Morgan fingerprint density at radius 3 is 0.938 bits per heavy atom. The van der Waals surface area contributed by atoms with Crippen LogP contribution < -0.4 is 6.15 Å². The minimum Gasteiger partial charge on any atom is -0.870 e. The minimum atomic E-state index is -1.23. The van der Waals surface area contributed by atoms with Gasteiger partial charge in [-0.2, -0.15) is 0 Å². The number of aliphatic carboxylic acids is 2. The fraction of sp³-hybridized carbons (Fsp3) is 0.667. The SMILES string of the molecule is CC(O)C(=O)O.CC(O)C(=O)O.[NH4+].[OH-].[OH-].[Ti]. The third kappa shape index (κ3) is 37.6. The number of carbonyl (C=O) groups is 2. The number of aliphatic hydroxyl groups is 2. The maximum Gasteiger partial charge on any atom is 0.332 e. The Balaban J connectivity index is -0.0000000250. The van der Waals surface area contributed by atoms with Gasteiger partial charge in [-0.25, -0.2) is 9.59 Å². The van der Waals surface area contributed by atoms with E-state index in [1.54, 1.807) is 0 Å². The first-order chi connectivity index (χ1) is 5.29. The topological polar surface area (TPSA) is 212 Å². The number of carboxylic acid groups (broad SMARTS) is 2. The predicted octanol–water partition coefficient (Wildman–Crippen LogP) is -1.08. The molecule has 0 rings (SSSR count). The van der Waals surface area contributed by atoms with E-state index >= 15 is 0 Å². The summed E-state index contributed by atoms with van der Waals surface area (Å²) < 4.78 is 0. The second-order valence-electron chi connectivity index (χ2n) is 2.03. The Morgan fingerprint density at radius 2 is 0.938 bits per heavy atom. The molecule has 0 aromatic carbocycles. The van der Waals surface area contributed by atoms with Gasteiger partial charge in [-0.3, -0.25) is 0 Å². The first-order valence-corrected chi connectivity index (χ1v) is 3.10. The van der Waals surface area contributed by atoms with Crippen molar-refractivity contribution >= 4 is 11.9 Å². The van der Waals surface area contributed by atoms with Crippen molar-refractivity contribution in [3.8, 4) is 0 Å². The average molecular weight is 280 g/mol. The summed E-state index contributed by atoms with van der Waals surface area (Å²) >= 11 is 0. The van der Waals surface area contributed by atoms with Gasteiger partial charge in [0, 0.05) is 21.7 Å². The van der Waals surface area contributed by atoms with E-state index in [9.17, 15) is 9.59 Å².